The summed E-state index contributed by atoms with van der Waals surface area (Å²) in [7, 11) is 2.76. The van der Waals surface area contributed by atoms with Crippen LogP contribution in [0, 0.1) is 28.6 Å². The number of methoxy groups -OCH3 is 2. The monoisotopic (exact) mass is 686 g/mol. The number of fused-ring (bicyclic) bond motifs is 1. The van der Waals surface area contributed by atoms with Crippen LogP contribution in [0.1, 0.15) is 120 Å². The number of aliphatic carboxylic acids is 1. The number of carbonyl (C=O) groups is 3. The Balaban J connectivity index is 0.000000565. The highest BCUT2D eigenvalue weighted by Crippen LogP contribution is 2.39. The van der Waals surface area contributed by atoms with Gasteiger partial charge in [-0.3, -0.25) is 9.59 Å². The van der Waals surface area contributed by atoms with Crippen molar-refractivity contribution in [3.8, 4) is 0 Å². The van der Waals surface area contributed by atoms with Crippen molar-refractivity contribution < 1.29 is 38.8 Å². The van der Waals surface area contributed by atoms with Crippen LogP contribution in [-0.2, 0) is 28.6 Å². The van der Waals surface area contributed by atoms with Crippen LogP contribution in [0.3, 0.4) is 0 Å². The average molecular weight is 687 g/mol. The molecule has 2 aromatic rings. The van der Waals surface area contributed by atoms with Crippen LogP contribution in [0.15, 0.2) is 48.5 Å². The molecule has 0 spiro atoms. The Morgan fingerprint density at radius 3 is 1.88 bits per heavy atom. The molecular formula is C41H66O8. The van der Waals surface area contributed by atoms with E-state index < -0.39 is 28.5 Å². The molecule has 1 saturated carbocycles. The van der Waals surface area contributed by atoms with E-state index in [-0.39, 0.29) is 24.5 Å². The molecule has 1 aliphatic rings. The lowest BCUT2D eigenvalue weighted by Gasteiger charge is -2.42. The zero-order chi connectivity index (χ0) is 37.3. The minimum atomic E-state index is -0.703. The number of aliphatic hydroxyl groups excluding tert-OH is 1. The van der Waals surface area contributed by atoms with Gasteiger partial charge in [0.2, 0.25) is 0 Å². The van der Waals surface area contributed by atoms with Gasteiger partial charge in [0, 0.05) is 13.0 Å². The molecule has 0 heterocycles. The zero-order valence-electron chi connectivity index (χ0n) is 32.1. The van der Waals surface area contributed by atoms with E-state index >= 15 is 0 Å². The van der Waals surface area contributed by atoms with Crippen LogP contribution >= 0.6 is 0 Å². The normalized spacial score (nSPS) is 19.6. The van der Waals surface area contributed by atoms with Gasteiger partial charge in [0.05, 0.1) is 24.0 Å². The first-order chi connectivity index (χ1) is 22.9. The number of aliphatic hydroxyl groups is 1. The molecule has 0 radical (unpaired) electrons. The number of carboxylic acid groups (broad SMARTS) is 1. The second kappa shape index (κ2) is 21.3. The SMILES string of the molecule is CCC(C)(CC(C)CCCCCC(C)(C)C(=O)OC(C)(C)C1CCC(C)CC1O)C(=O)O.COCC(=O)OC.c1ccc2ccccc2c1. The molecule has 5 unspecified atom stereocenters. The molecule has 3 rings (SSSR count). The van der Waals surface area contributed by atoms with Gasteiger partial charge >= 0.3 is 17.9 Å². The van der Waals surface area contributed by atoms with E-state index in [1.165, 1.54) is 25.0 Å². The van der Waals surface area contributed by atoms with E-state index in [0.717, 1.165) is 51.4 Å². The fourth-order valence-electron chi connectivity index (χ4n) is 6.52. The van der Waals surface area contributed by atoms with Crippen molar-refractivity contribution in [3.63, 3.8) is 0 Å². The molecule has 0 aliphatic heterocycles. The predicted molar refractivity (Wildman–Crippen MR) is 197 cm³/mol. The van der Waals surface area contributed by atoms with Gasteiger partial charge in [0.15, 0.2) is 0 Å². The number of esters is 2. The number of unbranched alkanes of at least 4 members (excludes halogenated alkanes) is 2. The summed E-state index contributed by atoms with van der Waals surface area (Å²) in [6, 6.07) is 16.7. The third kappa shape index (κ3) is 15.6. The Hall–Kier alpha value is -2.97. The van der Waals surface area contributed by atoms with Gasteiger partial charge in [-0.2, -0.15) is 0 Å². The number of hydrogen-bond acceptors (Lipinski definition) is 7. The van der Waals surface area contributed by atoms with Gasteiger partial charge in [-0.25, -0.2) is 4.79 Å². The topological polar surface area (TPSA) is 119 Å². The molecule has 8 nitrogen and oxygen atoms in total. The molecule has 0 aromatic heterocycles. The van der Waals surface area contributed by atoms with Gasteiger partial charge in [0.1, 0.15) is 12.2 Å². The summed E-state index contributed by atoms with van der Waals surface area (Å²) < 4.78 is 14.6. The molecular weight excluding hydrogens is 620 g/mol. The lowest BCUT2D eigenvalue weighted by molar-refractivity contribution is -0.180. The number of carbonyl (C=O) groups excluding carboxylic acids is 2. The lowest BCUT2D eigenvalue weighted by Crippen LogP contribution is -2.47. The first-order valence-electron chi connectivity index (χ1n) is 18.1. The number of hydrogen-bond donors (Lipinski definition) is 2. The van der Waals surface area contributed by atoms with Crippen molar-refractivity contribution >= 4 is 28.7 Å². The first-order valence-corrected chi connectivity index (χ1v) is 18.1. The highest BCUT2D eigenvalue weighted by molar-refractivity contribution is 5.82. The number of rotatable bonds is 15. The van der Waals surface area contributed by atoms with Crippen LogP contribution in [0.4, 0.5) is 0 Å². The van der Waals surface area contributed by atoms with Gasteiger partial charge in [-0.15, -0.1) is 0 Å². The summed E-state index contributed by atoms with van der Waals surface area (Å²) in [5.74, 6) is -0.347. The average Bonchev–Trinajstić information content (AvgIpc) is 3.04. The minimum Gasteiger partial charge on any atom is -0.481 e. The van der Waals surface area contributed by atoms with Crippen molar-refractivity contribution in [2.24, 2.45) is 28.6 Å². The van der Waals surface area contributed by atoms with Crippen LogP contribution < -0.4 is 0 Å². The highest BCUT2D eigenvalue weighted by Gasteiger charge is 2.43. The van der Waals surface area contributed by atoms with Gasteiger partial charge < -0.3 is 24.4 Å². The van der Waals surface area contributed by atoms with Crippen molar-refractivity contribution in [1.29, 1.82) is 0 Å². The quantitative estimate of drug-likeness (QED) is 0.141. The minimum absolute atomic E-state index is 0.0143. The standard InChI is InChI=1S/C27H50O5.C10H8.C4H8O3/c1-9-27(8,23(29)30)18-20(3)13-11-10-12-16-25(4,5)24(31)32-26(6,7)21-15-14-19(2)17-22(21)28;1-2-6-10-8-4-3-7-9(10)5-1;1-6-3-4(5)7-2/h19-22,28H,9-18H2,1-8H3,(H,29,30);1-8H;3H2,1-2H3. The largest absolute Gasteiger partial charge is 0.481 e. The predicted octanol–water partition coefficient (Wildman–Crippen LogP) is 9.25. The van der Waals surface area contributed by atoms with Crippen molar-refractivity contribution in [2.45, 2.75) is 131 Å². The Labute approximate surface area is 296 Å². The maximum atomic E-state index is 13.0. The summed E-state index contributed by atoms with van der Waals surface area (Å²) in [5.41, 5.74) is -1.86. The maximum Gasteiger partial charge on any atom is 0.331 e. The zero-order valence-corrected chi connectivity index (χ0v) is 32.1. The second-order valence-electron chi connectivity index (χ2n) is 15.5. The Morgan fingerprint density at radius 2 is 1.45 bits per heavy atom. The number of carboxylic acids is 1. The molecule has 2 aromatic carbocycles. The lowest BCUT2D eigenvalue weighted by atomic mass is 9.73. The van der Waals surface area contributed by atoms with E-state index in [0.29, 0.717) is 24.7 Å². The summed E-state index contributed by atoms with van der Waals surface area (Å²) in [6.07, 6.45) is 8.47. The van der Waals surface area contributed by atoms with E-state index in [4.69, 9.17) is 4.74 Å². The molecule has 5 atom stereocenters. The molecule has 49 heavy (non-hydrogen) atoms. The Morgan fingerprint density at radius 1 is 0.898 bits per heavy atom. The molecule has 1 aliphatic carbocycles. The Kier molecular flexibility index (Phi) is 19.1. The van der Waals surface area contributed by atoms with Crippen molar-refractivity contribution in [2.75, 3.05) is 20.8 Å². The summed E-state index contributed by atoms with van der Waals surface area (Å²) >= 11 is 0. The highest BCUT2D eigenvalue weighted by atomic mass is 16.6. The summed E-state index contributed by atoms with van der Waals surface area (Å²) in [6.45, 7) is 15.9. The van der Waals surface area contributed by atoms with Gasteiger partial charge in [-0.1, -0.05) is 101 Å². The summed E-state index contributed by atoms with van der Waals surface area (Å²) in [5, 5.41) is 22.6. The second-order valence-corrected chi connectivity index (χ2v) is 15.5. The molecule has 278 valence electrons. The third-order valence-corrected chi connectivity index (χ3v) is 10.1. The van der Waals surface area contributed by atoms with Crippen LogP contribution in [0.25, 0.3) is 10.8 Å². The van der Waals surface area contributed by atoms with E-state index in [1.54, 1.807) is 0 Å². The Bertz CT molecular complexity index is 1210. The molecule has 2 N–H and O–H groups in total. The first kappa shape index (κ1) is 44.1. The fraction of sp³-hybridized carbons (Fsp3) is 0.683. The molecule has 0 saturated heterocycles. The summed E-state index contributed by atoms with van der Waals surface area (Å²) in [4.78, 5) is 34.5. The van der Waals surface area contributed by atoms with Gasteiger partial charge in [0.25, 0.3) is 0 Å². The van der Waals surface area contributed by atoms with E-state index in [9.17, 15) is 24.6 Å². The van der Waals surface area contributed by atoms with Crippen molar-refractivity contribution in [1.82, 2.24) is 0 Å². The van der Waals surface area contributed by atoms with Crippen LogP contribution in [0.5, 0.6) is 0 Å². The van der Waals surface area contributed by atoms with E-state index in [1.807, 2.05) is 41.5 Å². The number of ether oxygens (including phenoxy) is 3. The smallest absolute Gasteiger partial charge is 0.331 e. The molecule has 0 bridgehead atoms. The van der Waals surface area contributed by atoms with E-state index in [2.05, 4.69) is 71.9 Å². The molecule has 0 amide bonds. The third-order valence-electron chi connectivity index (χ3n) is 10.1. The molecule has 8 heteroatoms. The fourth-order valence-corrected chi connectivity index (χ4v) is 6.52. The van der Waals surface area contributed by atoms with Crippen LogP contribution in [-0.4, -0.2) is 60.7 Å². The molecule has 1 fully saturated rings. The maximum absolute atomic E-state index is 13.0. The van der Waals surface area contributed by atoms with Crippen LogP contribution in [0.2, 0.25) is 0 Å². The van der Waals surface area contributed by atoms with Crippen molar-refractivity contribution in [3.05, 3.63) is 48.5 Å². The number of benzene rings is 2. The van der Waals surface area contributed by atoms with Gasteiger partial charge in [-0.05, 0) is 89.3 Å².